The maximum absolute atomic E-state index is 12.8. The van der Waals surface area contributed by atoms with Crippen LogP contribution in [0.3, 0.4) is 0 Å². The molecule has 1 amide bonds. The van der Waals surface area contributed by atoms with Crippen LogP contribution in [0.1, 0.15) is 21.5 Å². The van der Waals surface area contributed by atoms with Crippen LogP contribution in [0.4, 0.5) is 11.4 Å². The van der Waals surface area contributed by atoms with E-state index in [0.29, 0.717) is 11.3 Å². The summed E-state index contributed by atoms with van der Waals surface area (Å²) in [4.78, 5) is 22.8. The fraction of sp³-hybridized carbons (Fsp3) is 0.0909. The number of nitrogens with zero attached hydrogens (tertiary/aromatic N) is 3. The molecule has 0 heterocycles. The molecule has 0 bridgehead atoms. The molecule has 0 aliphatic heterocycles. The molecule has 3 aromatic rings. The van der Waals surface area contributed by atoms with E-state index in [9.17, 15) is 23.3 Å². The van der Waals surface area contributed by atoms with E-state index in [1.54, 1.807) is 12.1 Å². The predicted molar refractivity (Wildman–Crippen MR) is 126 cm³/mol. The van der Waals surface area contributed by atoms with Crippen molar-refractivity contribution < 1.29 is 18.1 Å². The number of rotatable bonds is 7. The Morgan fingerprint density at radius 3 is 2.33 bits per heavy atom. The number of carbonyl (C=O) groups is 1. The van der Waals surface area contributed by atoms with Crippen molar-refractivity contribution in [3.63, 3.8) is 0 Å². The molecular weight excluding hydrogens is 468 g/mol. The van der Waals surface area contributed by atoms with Gasteiger partial charge in [-0.05, 0) is 49.4 Å². The summed E-state index contributed by atoms with van der Waals surface area (Å²) in [5.41, 5.74) is 4.00. The number of anilines is 1. The minimum Gasteiger partial charge on any atom is -0.269 e. The molecule has 0 fully saturated rings. The van der Waals surface area contributed by atoms with Gasteiger partial charge in [-0.1, -0.05) is 35.4 Å². The number of nitro benzene ring substituents is 1. The quantitative estimate of drug-likeness (QED) is 0.305. The molecular formula is C22H19ClN4O5S. The number of carbonyl (C=O) groups excluding carboxylic acids is 1. The number of sulfonamides is 1. The third kappa shape index (κ3) is 5.54. The normalized spacial score (nSPS) is 11.4. The zero-order valence-corrected chi connectivity index (χ0v) is 19.2. The Balaban J connectivity index is 1.69. The van der Waals surface area contributed by atoms with Crippen molar-refractivity contribution >= 4 is 45.1 Å². The standard InChI is InChI=1S/C22H19ClN4O5S/c1-15-3-10-19(11-4-15)33(31,32)26(2)18-8-6-17(7-9-18)22(28)25-24-14-16-5-12-20(23)21(13-16)27(29)30/h3-14H,1-2H3,(H,25,28)/b24-14-. The molecule has 9 nitrogen and oxygen atoms in total. The van der Waals surface area contributed by atoms with Crippen LogP contribution >= 0.6 is 11.6 Å². The molecule has 170 valence electrons. The van der Waals surface area contributed by atoms with E-state index in [0.717, 1.165) is 9.87 Å². The van der Waals surface area contributed by atoms with Crippen molar-refractivity contribution in [3.8, 4) is 0 Å². The van der Waals surface area contributed by atoms with Crippen LogP contribution in [0.15, 0.2) is 76.7 Å². The van der Waals surface area contributed by atoms with Gasteiger partial charge in [0.2, 0.25) is 0 Å². The average molecular weight is 487 g/mol. The number of nitrogens with one attached hydrogen (secondary N) is 1. The highest BCUT2D eigenvalue weighted by Gasteiger charge is 2.21. The third-order valence-corrected chi connectivity index (χ3v) is 6.84. The first kappa shape index (κ1) is 23.9. The number of hydrogen-bond acceptors (Lipinski definition) is 6. The first-order valence-electron chi connectivity index (χ1n) is 9.52. The van der Waals surface area contributed by atoms with Crippen LogP contribution in [0.2, 0.25) is 5.02 Å². The van der Waals surface area contributed by atoms with Gasteiger partial charge in [0, 0.05) is 24.2 Å². The molecule has 0 atom stereocenters. The van der Waals surface area contributed by atoms with Gasteiger partial charge in [0.1, 0.15) is 5.02 Å². The van der Waals surface area contributed by atoms with Crippen molar-refractivity contribution in [1.29, 1.82) is 0 Å². The smallest absolute Gasteiger partial charge is 0.269 e. The number of amides is 1. The molecule has 0 saturated carbocycles. The number of hydrazone groups is 1. The molecule has 0 aliphatic rings. The molecule has 0 unspecified atom stereocenters. The summed E-state index contributed by atoms with van der Waals surface area (Å²) in [5, 5.41) is 14.7. The maximum atomic E-state index is 12.8. The molecule has 0 aromatic heterocycles. The van der Waals surface area contributed by atoms with Gasteiger partial charge in [-0.3, -0.25) is 19.2 Å². The van der Waals surface area contributed by atoms with Gasteiger partial charge in [-0.25, -0.2) is 13.8 Å². The molecule has 3 aromatic carbocycles. The van der Waals surface area contributed by atoms with Gasteiger partial charge in [-0.2, -0.15) is 5.10 Å². The molecule has 0 saturated heterocycles. The fourth-order valence-electron chi connectivity index (χ4n) is 2.81. The lowest BCUT2D eigenvalue weighted by atomic mass is 10.2. The summed E-state index contributed by atoms with van der Waals surface area (Å²) in [6.45, 7) is 1.87. The van der Waals surface area contributed by atoms with Crippen LogP contribution in [0, 0.1) is 17.0 Å². The Kier molecular flexibility index (Phi) is 7.10. The Morgan fingerprint density at radius 2 is 1.73 bits per heavy atom. The summed E-state index contributed by atoms with van der Waals surface area (Å²) in [7, 11) is -2.32. The summed E-state index contributed by atoms with van der Waals surface area (Å²) in [5.74, 6) is -0.537. The molecule has 3 rings (SSSR count). The van der Waals surface area contributed by atoms with Crippen molar-refractivity contribution in [2.24, 2.45) is 5.10 Å². The molecule has 1 N–H and O–H groups in total. The fourth-order valence-corrected chi connectivity index (χ4v) is 4.19. The van der Waals surface area contributed by atoms with Crippen molar-refractivity contribution in [2.75, 3.05) is 11.4 Å². The van der Waals surface area contributed by atoms with Crippen molar-refractivity contribution in [2.45, 2.75) is 11.8 Å². The van der Waals surface area contributed by atoms with Gasteiger partial charge < -0.3 is 0 Å². The van der Waals surface area contributed by atoms with E-state index in [2.05, 4.69) is 10.5 Å². The van der Waals surface area contributed by atoms with Crippen LogP contribution in [0.25, 0.3) is 0 Å². The Bertz CT molecular complexity index is 1320. The zero-order valence-electron chi connectivity index (χ0n) is 17.6. The number of benzene rings is 3. The third-order valence-electron chi connectivity index (χ3n) is 4.72. The second-order valence-corrected chi connectivity index (χ2v) is 9.38. The monoisotopic (exact) mass is 486 g/mol. The molecule has 0 radical (unpaired) electrons. The van der Waals surface area contributed by atoms with Crippen LogP contribution < -0.4 is 9.73 Å². The number of halogens is 1. The average Bonchev–Trinajstić information content (AvgIpc) is 2.79. The van der Waals surface area contributed by atoms with E-state index in [4.69, 9.17) is 11.6 Å². The number of nitro groups is 1. The minimum absolute atomic E-state index is 0.00404. The molecule has 0 aliphatic carbocycles. The minimum atomic E-state index is -3.75. The summed E-state index contributed by atoms with van der Waals surface area (Å²) in [6.07, 6.45) is 1.25. The molecule has 33 heavy (non-hydrogen) atoms. The second-order valence-electron chi connectivity index (χ2n) is 7.00. The van der Waals surface area contributed by atoms with Crippen LogP contribution in [-0.4, -0.2) is 32.5 Å². The van der Waals surface area contributed by atoms with Crippen LogP contribution in [-0.2, 0) is 10.0 Å². The second kappa shape index (κ2) is 9.80. The topological polar surface area (TPSA) is 122 Å². The zero-order chi connectivity index (χ0) is 24.2. The van der Waals surface area contributed by atoms with Gasteiger partial charge in [-0.15, -0.1) is 0 Å². The Labute approximate surface area is 195 Å². The van der Waals surface area contributed by atoms with Crippen molar-refractivity contribution in [3.05, 3.63) is 98.6 Å². The van der Waals surface area contributed by atoms with Crippen molar-refractivity contribution in [1.82, 2.24) is 5.43 Å². The summed E-state index contributed by atoms with van der Waals surface area (Å²) in [6, 6.07) is 16.6. The first-order chi connectivity index (χ1) is 15.6. The van der Waals surface area contributed by atoms with Gasteiger partial charge in [0.05, 0.1) is 21.7 Å². The predicted octanol–water partition coefficient (Wildman–Crippen LogP) is 4.15. The lowest BCUT2D eigenvalue weighted by molar-refractivity contribution is -0.384. The largest absolute Gasteiger partial charge is 0.288 e. The number of hydrogen-bond donors (Lipinski definition) is 1. The number of aryl methyl sites for hydroxylation is 1. The summed E-state index contributed by atoms with van der Waals surface area (Å²) < 4.78 is 26.7. The van der Waals surface area contributed by atoms with E-state index in [1.807, 2.05) is 6.92 Å². The van der Waals surface area contributed by atoms with Crippen LogP contribution in [0.5, 0.6) is 0 Å². The highest BCUT2D eigenvalue weighted by atomic mass is 35.5. The molecule has 0 spiro atoms. The maximum Gasteiger partial charge on any atom is 0.288 e. The first-order valence-corrected chi connectivity index (χ1v) is 11.3. The van der Waals surface area contributed by atoms with Gasteiger partial charge in [0.15, 0.2) is 0 Å². The molecule has 11 heteroatoms. The SMILES string of the molecule is Cc1ccc(S(=O)(=O)N(C)c2ccc(C(=O)N/N=C\c3ccc(Cl)c([N+](=O)[O-])c3)cc2)cc1. The van der Waals surface area contributed by atoms with E-state index in [1.165, 1.54) is 67.9 Å². The van der Waals surface area contributed by atoms with E-state index >= 15 is 0 Å². The summed E-state index contributed by atoms with van der Waals surface area (Å²) >= 11 is 5.76. The van der Waals surface area contributed by atoms with Gasteiger partial charge >= 0.3 is 0 Å². The highest BCUT2D eigenvalue weighted by molar-refractivity contribution is 7.92. The lowest BCUT2D eigenvalue weighted by Gasteiger charge is -2.19. The van der Waals surface area contributed by atoms with E-state index < -0.39 is 20.9 Å². The highest BCUT2D eigenvalue weighted by Crippen LogP contribution is 2.25. The van der Waals surface area contributed by atoms with E-state index in [-0.39, 0.29) is 21.2 Å². The Hall–Kier alpha value is -3.76. The lowest BCUT2D eigenvalue weighted by Crippen LogP contribution is -2.26. The van der Waals surface area contributed by atoms with Gasteiger partial charge in [0.25, 0.3) is 21.6 Å². The Morgan fingerprint density at radius 1 is 1.09 bits per heavy atom.